The lowest BCUT2D eigenvalue weighted by molar-refractivity contribution is -0.149. The minimum absolute atomic E-state index is 0.145. The first-order valence-electron chi connectivity index (χ1n) is 6.97. The molecule has 0 saturated carbocycles. The molecule has 0 bridgehead atoms. The lowest BCUT2D eigenvalue weighted by atomic mass is 9.54. The van der Waals surface area contributed by atoms with Crippen molar-refractivity contribution in [3.63, 3.8) is 0 Å². The molecule has 1 radical (unpaired) electrons. The first-order chi connectivity index (χ1) is 8.94. The van der Waals surface area contributed by atoms with Crippen LogP contribution in [0.25, 0.3) is 0 Å². The van der Waals surface area contributed by atoms with E-state index in [0.717, 1.165) is 6.32 Å². The van der Waals surface area contributed by atoms with Crippen molar-refractivity contribution in [1.29, 1.82) is 0 Å². The van der Waals surface area contributed by atoms with Crippen LogP contribution < -0.4 is 0 Å². The van der Waals surface area contributed by atoms with Crippen LogP contribution in [0.1, 0.15) is 43.3 Å². The standard InChI is InChI=1S/C16H22BO2/c1-11(17-10-16(2,3)15(18)19-4)13-7-5-12-6-8-14(12)9-13/h5,7,9,11H,6,8,10H2,1-4H3. The number of ether oxygens (including phenoxy) is 1. The van der Waals surface area contributed by atoms with E-state index in [9.17, 15) is 4.79 Å². The summed E-state index contributed by atoms with van der Waals surface area (Å²) in [6.07, 6.45) is 3.17. The zero-order valence-corrected chi connectivity index (χ0v) is 12.3. The summed E-state index contributed by atoms with van der Waals surface area (Å²) < 4.78 is 4.84. The van der Waals surface area contributed by atoms with Crippen LogP contribution in [0, 0.1) is 5.41 Å². The zero-order chi connectivity index (χ0) is 14.0. The quantitative estimate of drug-likeness (QED) is 0.598. The number of carbonyl (C=O) groups excluding carboxylic acids is 1. The predicted octanol–water partition coefficient (Wildman–Crippen LogP) is 3.17. The van der Waals surface area contributed by atoms with Gasteiger partial charge in [-0.1, -0.05) is 50.9 Å². The molecule has 0 fully saturated rings. The molecule has 1 aliphatic rings. The second-order valence-corrected chi connectivity index (χ2v) is 6.13. The highest BCUT2D eigenvalue weighted by molar-refractivity contribution is 6.38. The van der Waals surface area contributed by atoms with Gasteiger partial charge in [0.15, 0.2) is 0 Å². The van der Waals surface area contributed by atoms with Crippen LogP contribution in [-0.2, 0) is 22.4 Å². The van der Waals surface area contributed by atoms with Gasteiger partial charge >= 0.3 is 5.97 Å². The van der Waals surface area contributed by atoms with Crippen LogP contribution in [-0.4, -0.2) is 20.4 Å². The van der Waals surface area contributed by atoms with Gasteiger partial charge in [0.2, 0.25) is 0 Å². The second-order valence-electron chi connectivity index (χ2n) is 6.13. The predicted molar refractivity (Wildman–Crippen MR) is 78.6 cm³/mol. The number of hydrogen-bond acceptors (Lipinski definition) is 2. The number of aryl methyl sites for hydroxylation is 2. The molecule has 1 atom stereocenters. The maximum absolute atomic E-state index is 11.6. The molecule has 2 rings (SSSR count). The molecule has 1 aromatic carbocycles. The Labute approximate surface area is 116 Å². The van der Waals surface area contributed by atoms with Gasteiger partial charge in [0.1, 0.15) is 7.28 Å². The number of rotatable bonds is 5. The smallest absolute Gasteiger partial charge is 0.310 e. The molecule has 101 valence electrons. The van der Waals surface area contributed by atoms with Crippen LogP contribution in [0.15, 0.2) is 18.2 Å². The fraction of sp³-hybridized carbons (Fsp3) is 0.562. The van der Waals surface area contributed by atoms with Gasteiger partial charge in [0.25, 0.3) is 0 Å². The van der Waals surface area contributed by atoms with Gasteiger partial charge in [0.05, 0.1) is 12.5 Å². The Morgan fingerprint density at radius 2 is 2.05 bits per heavy atom. The maximum Gasteiger partial charge on any atom is 0.310 e. The first kappa shape index (κ1) is 14.2. The van der Waals surface area contributed by atoms with Gasteiger partial charge in [-0.15, -0.1) is 0 Å². The average molecular weight is 257 g/mol. The van der Waals surface area contributed by atoms with E-state index >= 15 is 0 Å². The van der Waals surface area contributed by atoms with Crippen molar-refractivity contribution in [1.82, 2.24) is 0 Å². The summed E-state index contributed by atoms with van der Waals surface area (Å²) in [5, 5.41) is 0. The van der Waals surface area contributed by atoms with Crippen LogP contribution in [0.3, 0.4) is 0 Å². The zero-order valence-electron chi connectivity index (χ0n) is 12.3. The van der Waals surface area contributed by atoms with Crippen molar-refractivity contribution in [2.24, 2.45) is 5.41 Å². The molecule has 0 aliphatic heterocycles. The summed E-state index contributed by atoms with van der Waals surface area (Å²) in [7, 11) is 3.67. The molecule has 0 heterocycles. The Morgan fingerprint density at radius 3 is 2.58 bits per heavy atom. The van der Waals surface area contributed by atoms with Crippen LogP contribution in [0.2, 0.25) is 6.32 Å². The van der Waals surface area contributed by atoms with E-state index in [4.69, 9.17) is 4.74 Å². The first-order valence-corrected chi connectivity index (χ1v) is 6.97. The molecule has 0 N–H and O–H groups in total. The second kappa shape index (κ2) is 5.40. The monoisotopic (exact) mass is 257 g/mol. The van der Waals surface area contributed by atoms with Crippen LogP contribution in [0.5, 0.6) is 0 Å². The van der Waals surface area contributed by atoms with Crippen molar-refractivity contribution in [3.8, 4) is 0 Å². The molecular formula is C16H22BO2. The van der Waals surface area contributed by atoms with Gasteiger partial charge < -0.3 is 4.74 Å². The van der Waals surface area contributed by atoms with E-state index in [0.29, 0.717) is 5.82 Å². The molecule has 19 heavy (non-hydrogen) atoms. The fourth-order valence-corrected chi connectivity index (χ4v) is 2.47. The van der Waals surface area contributed by atoms with E-state index in [1.165, 1.54) is 36.6 Å². The molecule has 0 amide bonds. The largest absolute Gasteiger partial charge is 0.469 e. The number of fused-ring (bicyclic) bond motifs is 1. The van der Waals surface area contributed by atoms with E-state index in [-0.39, 0.29) is 5.97 Å². The van der Waals surface area contributed by atoms with Crippen molar-refractivity contribution in [2.45, 2.75) is 45.8 Å². The normalized spacial score (nSPS) is 15.2. The number of methoxy groups -OCH3 is 1. The molecule has 2 nitrogen and oxygen atoms in total. The Balaban J connectivity index is 1.95. The summed E-state index contributed by atoms with van der Waals surface area (Å²) in [4.78, 5) is 11.6. The van der Waals surface area contributed by atoms with Gasteiger partial charge in [-0.05, 0) is 29.8 Å². The van der Waals surface area contributed by atoms with Gasteiger partial charge in [-0.25, -0.2) is 0 Å². The molecule has 0 saturated heterocycles. The summed E-state index contributed by atoms with van der Waals surface area (Å²) in [5.41, 5.74) is 3.89. The number of hydrogen-bond donors (Lipinski definition) is 0. The Hall–Kier alpha value is -1.25. The van der Waals surface area contributed by atoms with Crippen molar-refractivity contribution >= 4 is 13.2 Å². The van der Waals surface area contributed by atoms with Gasteiger partial charge in [-0.2, -0.15) is 0 Å². The SMILES string of the molecule is COC(=O)C(C)(C)C[B]C(C)c1ccc2c(c1)CC2. The molecule has 1 aliphatic carbocycles. The third-order valence-electron chi connectivity index (χ3n) is 4.14. The molecule has 0 aromatic heterocycles. The lowest BCUT2D eigenvalue weighted by Crippen LogP contribution is -2.28. The minimum Gasteiger partial charge on any atom is -0.469 e. The average Bonchev–Trinajstić information content (AvgIpc) is 2.36. The summed E-state index contributed by atoms with van der Waals surface area (Å²) >= 11 is 0. The third-order valence-corrected chi connectivity index (χ3v) is 4.14. The van der Waals surface area contributed by atoms with Crippen LogP contribution in [0.4, 0.5) is 0 Å². The Morgan fingerprint density at radius 1 is 1.37 bits per heavy atom. The lowest BCUT2D eigenvalue weighted by Gasteiger charge is -2.24. The Bertz CT molecular complexity index is 480. The van der Waals surface area contributed by atoms with Gasteiger partial charge in [-0.3, -0.25) is 4.79 Å². The van der Waals surface area contributed by atoms with E-state index in [1.807, 2.05) is 13.8 Å². The van der Waals surface area contributed by atoms with E-state index in [1.54, 1.807) is 0 Å². The molecular weight excluding hydrogens is 235 g/mol. The minimum atomic E-state index is -0.442. The Kier molecular flexibility index (Phi) is 4.03. The third kappa shape index (κ3) is 3.02. The van der Waals surface area contributed by atoms with Crippen molar-refractivity contribution in [3.05, 3.63) is 34.9 Å². The van der Waals surface area contributed by atoms with Crippen molar-refractivity contribution in [2.75, 3.05) is 7.11 Å². The molecule has 1 unspecified atom stereocenters. The molecule has 1 aromatic rings. The summed E-state index contributed by atoms with van der Waals surface area (Å²) in [5.74, 6) is 0.225. The fourth-order valence-electron chi connectivity index (χ4n) is 2.47. The number of carbonyl (C=O) groups is 1. The molecule has 0 spiro atoms. The highest BCUT2D eigenvalue weighted by Crippen LogP contribution is 2.29. The highest BCUT2D eigenvalue weighted by Gasteiger charge is 2.29. The van der Waals surface area contributed by atoms with Crippen molar-refractivity contribution < 1.29 is 9.53 Å². The topological polar surface area (TPSA) is 26.3 Å². The van der Waals surface area contributed by atoms with Crippen LogP contribution >= 0.6 is 0 Å². The van der Waals surface area contributed by atoms with E-state index in [2.05, 4.69) is 32.4 Å². The number of esters is 1. The molecule has 3 heteroatoms. The number of benzene rings is 1. The summed E-state index contributed by atoms with van der Waals surface area (Å²) in [6, 6.07) is 6.76. The van der Waals surface area contributed by atoms with Gasteiger partial charge in [0, 0.05) is 0 Å². The van der Waals surface area contributed by atoms with E-state index < -0.39 is 5.41 Å². The maximum atomic E-state index is 11.6. The summed E-state index contributed by atoms with van der Waals surface area (Å²) in [6.45, 7) is 6.05. The highest BCUT2D eigenvalue weighted by atomic mass is 16.5.